The second kappa shape index (κ2) is 40.4. The summed E-state index contributed by atoms with van der Waals surface area (Å²) in [5.41, 5.74) is 40.8. The van der Waals surface area contributed by atoms with Gasteiger partial charge in [-0.1, -0.05) is 88.4 Å². The molecule has 0 spiro atoms. The zero-order valence-electron chi connectivity index (χ0n) is 54.7. The summed E-state index contributed by atoms with van der Waals surface area (Å²) in [6, 6.07) is 6.44. The number of aliphatic imine (C=N–C) groups is 1. The Bertz CT molecular complexity index is 2880. The van der Waals surface area contributed by atoms with Crippen LogP contribution < -0.4 is 77.4 Å². The summed E-state index contributed by atoms with van der Waals surface area (Å²) in [6.07, 6.45) is 1.03. The molecule has 21 N–H and O–H groups in total. The number of carbonyl (C=O) groups excluding carboxylic acids is 12. The van der Waals surface area contributed by atoms with Crippen molar-refractivity contribution >= 4 is 76.8 Å². The molecule has 2 saturated heterocycles. The van der Waals surface area contributed by atoms with E-state index in [1.165, 1.54) is 9.80 Å². The zero-order chi connectivity index (χ0) is 69.4. The monoisotopic (exact) mass is 1320 g/mol. The normalized spacial score (nSPS) is 17.0. The lowest BCUT2D eigenvalue weighted by atomic mass is 10.0. The highest BCUT2D eigenvalue weighted by molar-refractivity contribution is 5.99. The van der Waals surface area contributed by atoms with Gasteiger partial charge in [0.2, 0.25) is 70.9 Å². The van der Waals surface area contributed by atoms with Crippen LogP contribution in [0.5, 0.6) is 0 Å². The van der Waals surface area contributed by atoms with Gasteiger partial charge in [-0.2, -0.15) is 0 Å². The quantitative estimate of drug-likeness (QED) is 0.0185. The van der Waals surface area contributed by atoms with Gasteiger partial charge >= 0.3 is 0 Å². The van der Waals surface area contributed by atoms with Gasteiger partial charge in [-0.15, -0.1) is 0 Å². The third kappa shape index (κ3) is 27.4. The number of carbonyl (C=O) groups is 12. The van der Waals surface area contributed by atoms with Gasteiger partial charge in [0.05, 0.1) is 25.2 Å². The number of amides is 12. The van der Waals surface area contributed by atoms with Crippen molar-refractivity contribution in [2.45, 2.75) is 197 Å². The highest BCUT2D eigenvalue weighted by Gasteiger charge is 2.42. The number of benzene rings is 2. The first kappa shape index (κ1) is 77.7. The minimum absolute atomic E-state index is 0.0270. The van der Waals surface area contributed by atoms with Gasteiger partial charge in [-0.25, -0.2) is 0 Å². The van der Waals surface area contributed by atoms with Crippen LogP contribution in [-0.2, 0) is 75.1 Å². The van der Waals surface area contributed by atoms with Crippen molar-refractivity contribution in [1.29, 1.82) is 0 Å². The SMILES string of the molecule is CC(C)C[C@@H](CO[C@@H](CC(C)C)C(N)=O)NC(=O)CNC(=O)[C@H](Cc1ccccc1)NC(=O)[C@H](Cc1ccccc1)NC(=O)[C@H](CCC(N)=O)NC(=O)[C@H](CCC(N)=O)NC(=O)[C@@H]1CCCN1C(=O)[C@H](CCCCN)NC(=O)[C@@H]1CCCN1C(=O)[C@@H](N)CCCN=C(N)N. The second-order valence-corrected chi connectivity index (χ2v) is 24.9. The average molecular weight is 1320 g/mol. The van der Waals surface area contributed by atoms with E-state index in [1.807, 2.05) is 27.7 Å². The number of nitrogens with two attached hydrogens (primary N) is 7. The molecule has 0 aromatic heterocycles. The van der Waals surface area contributed by atoms with Crippen LogP contribution >= 0.6 is 0 Å². The number of guanidine groups is 1. The van der Waals surface area contributed by atoms with E-state index in [2.05, 4.69) is 42.2 Å². The molecule has 2 heterocycles. The van der Waals surface area contributed by atoms with E-state index in [1.54, 1.807) is 60.7 Å². The molecule has 520 valence electrons. The molecule has 0 unspecified atom stereocenters. The molecule has 0 saturated carbocycles. The van der Waals surface area contributed by atoms with Crippen molar-refractivity contribution in [3.63, 3.8) is 0 Å². The molecule has 2 aliphatic heterocycles. The Morgan fingerprint density at radius 2 is 1.03 bits per heavy atom. The molecule has 2 aromatic rings. The van der Waals surface area contributed by atoms with Crippen molar-refractivity contribution in [2.75, 3.05) is 39.3 Å². The van der Waals surface area contributed by atoms with Crippen molar-refractivity contribution < 1.29 is 62.3 Å². The van der Waals surface area contributed by atoms with Crippen LogP contribution in [0.2, 0.25) is 0 Å². The van der Waals surface area contributed by atoms with Crippen LogP contribution in [0.1, 0.15) is 135 Å². The fourth-order valence-electron chi connectivity index (χ4n) is 11.2. The van der Waals surface area contributed by atoms with Gasteiger partial charge in [0, 0.05) is 45.3 Å². The number of likely N-dealkylation sites (tertiary alicyclic amines) is 2. The zero-order valence-corrected chi connectivity index (χ0v) is 54.7. The van der Waals surface area contributed by atoms with Crippen LogP contribution in [0.4, 0.5) is 0 Å². The van der Waals surface area contributed by atoms with E-state index in [0.717, 1.165) is 0 Å². The predicted octanol–water partition coefficient (Wildman–Crippen LogP) is -2.52. The number of nitrogens with zero attached hydrogens (tertiary/aromatic N) is 3. The summed E-state index contributed by atoms with van der Waals surface area (Å²) >= 11 is 0. The van der Waals surface area contributed by atoms with Crippen molar-refractivity contribution in [3.05, 3.63) is 71.8 Å². The summed E-state index contributed by atoms with van der Waals surface area (Å²) in [5.74, 6) is -8.87. The molecule has 10 atom stereocenters. The van der Waals surface area contributed by atoms with Gasteiger partial charge in [0.1, 0.15) is 48.4 Å². The van der Waals surface area contributed by atoms with Gasteiger partial charge in [0.15, 0.2) is 5.96 Å². The predicted molar refractivity (Wildman–Crippen MR) is 350 cm³/mol. The maximum Gasteiger partial charge on any atom is 0.246 e. The third-order valence-electron chi connectivity index (χ3n) is 16.0. The van der Waals surface area contributed by atoms with Gasteiger partial charge < -0.3 is 91.9 Å². The summed E-state index contributed by atoms with van der Waals surface area (Å²) in [7, 11) is 0. The number of nitrogens with one attached hydrogen (secondary N) is 7. The van der Waals surface area contributed by atoms with Crippen LogP contribution in [-0.4, -0.2) is 186 Å². The standard InChI is InChI=1S/C64H101N17O13/c1-38(2)32-42(37-94-51(55(69)85)33-39(3)4)74-54(84)36-73-56(86)47(34-40-16-7-5-8-17-40)78-59(89)48(35-41-18-9-6-10-19-41)79-58(88)44(24-26-52(67)82)75-57(87)45(25-27-53(68)83)76-60(90)50-23-15-31-81(50)63(93)46(21-11-12-28-65)77-61(91)49-22-14-30-80(49)62(92)43(66)20-13-29-72-64(70)71/h5-10,16-19,38-39,42-51H,11-15,20-37,65-66H2,1-4H3,(H2,67,82)(H2,68,83)(H2,69,85)(H,73,86)(H,74,84)(H,75,87)(H,76,90)(H,77,91)(H,78,89)(H,79,88)(H4,70,71,72)/t42-,43-,44-,45-,46-,47-,48-,49-,50-,51-/m0/s1. The molecule has 2 aromatic carbocycles. The first-order valence-electron chi connectivity index (χ1n) is 32.4. The molecule has 12 amide bonds. The smallest absolute Gasteiger partial charge is 0.246 e. The molecule has 30 heteroatoms. The molecule has 2 fully saturated rings. The molecule has 30 nitrogen and oxygen atoms in total. The van der Waals surface area contributed by atoms with Gasteiger partial charge in [0.25, 0.3) is 0 Å². The summed E-state index contributed by atoms with van der Waals surface area (Å²) in [5, 5.41) is 18.9. The van der Waals surface area contributed by atoms with Crippen LogP contribution in [0, 0.1) is 11.8 Å². The van der Waals surface area contributed by atoms with E-state index in [9.17, 15) is 57.5 Å². The first-order valence-corrected chi connectivity index (χ1v) is 32.4. The Balaban J connectivity index is 1.56. The lowest BCUT2D eigenvalue weighted by molar-refractivity contribution is -0.144. The largest absolute Gasteiger partial charge is 0.370 e. The maximum absolute atomic E-state index is 14.7. The number of hydrogen-bond donors (Lipinski definition) is 14. The molecular formula is C64H101N17O13. The molecule has 2 aliphatic rings. The molecule has 0 aliphatic carbocycles. The van der Waals surface area contributed by atoms with Gasteiger partial charge in [-0.3, -0.25) is 62.5 Å². The fraction of sp³-hybridized carbons (Fsp3) is 0.609. The minimum Gasteiger partial charge on any atom is -0.370 e. The molecular weight excluding hydrogens is 1210 g/mol. The summed E-state index contributed by atoms with van der Waals surface area (Å²) < 4.78 is 5.87. The van der Waals surface area contributed by atoms with Crippen LogP contribution in [0.15, 0.2) is 65.7 Å². The highest BCUT2D eigenvalue weighted by atomic mass is 16.5. The van der Waals surface area contributed by atoms with Crippen molar-refractivity contribution in [2.24, 2.45) is 57.0 Å². The first-order chi connectivity index (χ1) is 44.7. The third-order valence-corrected chi connectivity index (χ3v) is 16.0. The van der Waals surface area contributed by atoms with E-state index in [-0.39, 0.29) is 82.6 Å². The minimum atomic E-state index is -1.62. The number of unbranched alkanes of at least 4 members (excludes halogenated alkanes) is 1. The Hall–Kier alpha value is -8.77. The number of ether oxygens (including phenoxy) is 1. The Morgan fingerprint density at radius 3 is 1.52 bits per heavy atom. The second-order valence-electron chi connectivity index (χ2n) is 24.9. The molecule has 4 rings (SSSR count). The van der Waals surface area contributed by atoms with Gasteiger partial charge in [-0.05, 0) is 113 Å². The van der Waals surface area contributed by atoms with Crippen molar-refractivity contribution in [3.8, 4) is 0 Å². The maximum atomic E-state index is 14.7. The Labute approximate surface area is 549 Å². The Morgan fingerprint density at radius 1 is 0.553 bits per heavy atom. The molecule has 0 bridgehead atoms. The molecule has 94 heavy (non-hydrogen) atoms. The molecule has 0 radical (unpaired) electrons. The van der Waals surface area contributed by atoms with E-state index >= 15 is 0 Å². The number of primary amides is 3. The highest BCUT2D eigenvalue weighted by Crippen LogP contribution is 2.24. The van der Waals surface area contributed by atoms with Crippen LogP contribution in [0.25, 0.3) is 0 Å². The number of hydrogen-bond acceptors (Lipinski definition) is 16. The number of rotatable bonds is 42. The average Bonchev–Trinajstić information content (AvgIpc) is 1.62. The van der Waals surface area contributed by atoms with Crippen LogP contribution in [0.3, 0.4) is 0 Å². The fourth-order valence-corrected chi connectivity index (χ4v) is 11.2. The van der Waals surface area contributed by atoms with E-state index < -0.39 is 157 Å². The van der Waals surface area contributed by atoms with Crippen molar-refractivity contribution in [1.82, 2.24) is 47.0 Å². The lowest BCUT2D eigenvalue weighted by Crippen LogP contribution is -2.60. The Kier molecular flexibility index (Phi) is 33.4. The van der Waals surface area contributed by atoms with E-state index in [0.29, 0.717) is 69.0 Å². The summed E-state index contributed by atoms with van der Waals surface area (Å²) in [6.45, 7) is 8.07. The summed E-state index contributed by atoms with van der Waals surface area (Å²) in [4.78, 5) is 171. The lowest BCUT2D eigenvalue weighted by Gasteiger charge is -2.32. The topological polar surface area (TPSA) is 499 Å². The van der Waals surface area contributed by atoms with E-state index in [4.69, 9.17) is 44.9 Å².